The van der Waals surface area contributed by atoms with Gasteiger partial charge in [-0.25, -0.2) is 0 Å². The Hall–Kier alpha value is -1.61. The molecule has 1 N–H and O–H groups in total. The van der Waals surface area contributed by atoms with Gasteiger partial charge in [0, 0.05) is 23.7 Å². The Morgan fingerprint density at radius 3 is 2.89 bits per heavy atom. The summed E-state index contributed by atoms with van der Waals surface area (Å²) in [5, 5.41) is 12.2. The Morgan fingerprint density at radius 2 is 2.17 bits per heavy atom. The standard InChI is InChI=1S/C15H17NO2/c1-9-6-10-4-5-11-7-13(15(2,3)17)18-14(11)12(10)8-16-9/h4-6,8,13,17H,7H2,1-3H3/t13-/m0/s1. The van der Waals surface area contributed by atoms with Gasteiger partial charge in [0.25, 0.3) is 0 Å². The molecule has 2 aromatic rings. The molecule has 0 aliphatic carbocycles. The second-order valence-electron chi connectivity index (χ2n) is 5.56. The molecule has 94 valence electrons. The minimum Gasteiger partial charge on any atom is -0.486 e. The van der Waals surface area contributed by atoms with Crippen LogP contribution in [0.5, 0.6) is 5.75 Å². The molecule has 0 saturated carbocycles. The molecule has 3 heteroatoms. The second kappa shape index (κ2) is 3.69. The van der Waals surface area contributed by atoms with Crippen molar-refractivity contribution < 1.29 is 9.84 Å². The highest BCUT2D eigenvalue weighted by molar-refractivity contribution is 5.89. The number of nitrogens with zero attached hydrogens (tertiary/aromatic N) is 1. The van der Waals surface area contributed by atoms with Crippen molar-refractivity contribution in [1.29, 1.82) is 0 Å². The predicted molar refractivity (Wildman–Crippen MR) is 70.9 cm³/mol. The highest BCUT2D eigenvalue weighted by atomic mass is 16.5. The summed E-state index contributed by atoms with van der Waals surface area (Å²) in [6.07, 6.45) is 2.43. The van der Waals surface area contributed by atoms with Crippen LogP contribution in [-0.4, -0.2) is 21.8 Å². The van der Waals surface area contributed by atoms with Gasteiger partial charge in [0.1, 0.15) is 11.9 Å². The first-order valence-electron chi connectivity index (χ1n) is 6.22. The Labute approximate surface area is 106 Å². The molecular weight excluding hydrogens is 226 g/mol. The van der Waals surface area contributed by atoms with Crippen LogP contribution in [0.15, 0.2) is 24.4 Å². The van der Waals surface area contributed by atoms with Crippen LogP contribution in [0.3, 0.4) is 0 Å². The van der Waals surface area contributed by atoms with E-state index >= 15 is 0 Å². The smallest absolute Gasteiger partial charge is 0.132 e. The molecule has 0 radical (unpaired) electrons. The van der Waals surface area contributed by atoms with Gasteiger partial charge in [0.05, 0.1) is 5.60 Å². The van der Waals surface area contributed by atoms with Gasteiger partial charge in [0.15, 0.2) is 0 Å². The van der Waals surface area contributed by atoms with Crippen LogP contribution in [0.25, 0.3) is 10.8 Å². The molecule has 0 amide bonds. The van der Waals surface area contributed by atoms with Gasteiger partial charge in [-0.2, -0.15) is 0 Å². The van der Waals surface area contributed by atoms with E-state index in [4.69, 9.17) is 4.74 Å². The second-order valence-corrected chi connectivity index (χ2v) is 5.56. The molecule has 1 aliphatic rings. The SMILES string of the molecule is Cc1cc2ccc3c(c2cn1)O[C@H](C(C)(C)O)C3. The third-order valence-electron chi connectivity index (χ3n) is 3.53. The summed E-state index contributed by atoms with van der Waals surface area (Å²) in [5.41, 5.74) is 1.32. The monoisotopic (exact) mass is 243 g/mol. The zero-order valence-electron chi connectivity index (χ0n) is 10.9. The van der Waals surface area contributed by atoms with E-state index < -0.39 is 5.60 Å². The summed E-state index contributed by atoms with van der Waals surface area (Å²) < 4.78 is 5.93. The Kier molecular flexibility index (Phi) is 2.35. The van der Waals surface area contributed by atoms with Crippen LogP contribution in [0.1, 0.15) is 25.1 Å². The van der Waals surface area contributed by atoms with E-state index in [1.165, 1.54) is 0 Å². The van der Waals surface area contributed by atoms with Gasteiger partial charge < -0.3 is 9.84 Å². The van der Waals surface area contributed by atoms with Crippen molar-refractivity contribution in [3.05, 3.63) is 35.7 Å². The lowest BCUT2D eigenvalue weighted by molar-refractivity contribution is -0.0224. The van der Waals surface area contributed by atoms with Gasteiger partial charge in [0.2, 0.25) is 0 Å². The van der Waals surface area contributed by atoms with E-state index in [-0.39, 0.29) is 6.10 Å². The number of aromatic nitrogens is 1. The van der Waals surface area contributed by atoms with Crippen molar-refractivity contribution in [2.75, 3.05) is 0 Å². The number of benzene rings is 1. The molecule has 0 bridgehead atoms. The highest BCUT2D eigenvalue weighted by Gasteiger charge is 2.35. The van der Waals surface area contributed by atoms with Crippen LogP contribution >= 0.6 is 0 Å². The number of pyridine rings is 1. The van der Waals surface area contributed by atoms with E-state index in [9.17, 15) is 5.11 Å². The quantitative estimate of drug-likeness (QED) is 0.837. The van der Waals surface area contributed by atoms with Gasteiger partial charge in [-0.3, -0.25) is 4.98 Å². The summed E-state index contributed by atoms with van der Waals surface area (Å²) in [4.78, 5) is 4.33. The van der Waals surface area contributed by atoms with Crippen LogP contribution in [-0.2, 0) is 6.42 Å². The van der Waals surface area contributed by atoms with Gasteiger partial charge in [-0.05, 0) is 37.8 Å². The van der Waals surface area contributed by atoms with Crippen LogP contribution in [0, 0.1) is 6.92 Å². The highest BCUT2D eigenvalue weighted by Crippen LogP contribution is 2.38. The van der Waals surface area contributed by atoms with Gasteiger partial charge in [-0.15, -0.1) is 0 Å². The van der Waals surface area contributed by atoms with E-state index in [2.05, 4.69) is 23.2 Å². The third-order valence-corrected chi connectivity index (χ3v) is 3.53. The van der Waals surface area contributed by atoms with Crippen molar-refractivity contribution in [1.82, 2.24) is 4.98 Å². The first-order valence-corrected chi connectivity index (χ1v) is 6.22. The van der Waals surface area contributed by atoms with Crippen molar-refractivity contribution >= 4 is 10.8 Å². The molecule has 3 rings (SSSR count). The van der Waals surface area contributed by atoms with Crippen molar-refractivity contribution in [3.8, 4) is 5.75 Å². The topological polar surface area (TPSA) is 42.4 Å². The molecule has 1 atom stereocenters. The van der Waals surface area contributed by atoms with E-state index in [1.54, 1.807) is 13.8 Å². The van der Waals surface area contributed by atoms with Crippen molar-refractivity contribution in [2.45, 2.75) is 38.9 Å². The maximum absolute atomic E-state index is 10.1. The minimum atomic E-state index is -0.830. The average molecular weight is 243 g/mol. The lowest BCUT2D eigenvalue weighted by atomic mass is 9.96. The van der Waals surface area contributed by atoms with Crippen LogP contribution in [0.4, 0.5) is 0 Å². The normalized spacial score (nSPS) is 18.8. The summed E-state index contributed by atoms with van der Waals surface area (Å²) >= 11 is 0. The lowest BCUT2D eigenvalue weighted by Gasteiger charge is -2.24. The fraction of sp³-hybridized carbons (Fsp3) is 0.400. The molecule has 0 fully saturated rings. The molecule has 0 spiro atoms. The number of fused-ring (bicyclic) bond motifs is 3. The van der Waals surface area contributed by atoms with Crippen molar-refractivity contribution in [3.63, 3.8) is 0 Å². The fourth-order valence-corrected chi connectivity index (χ4v) is 2.43. The molecule has 1 aliphatic heterocycles. The molecular formula is C15H17NO2. The molecule has 0 saturated heterocycles. The molecule has 18 heavy (non-hydrogen) atoms. The Balaban J connectivity index is 2.11. The average Bonchev–Trinajstić information content (AvgIpc) is 2.72. The number of rotatable bonds is 1. The van der Waals surface area contributed by atoms with E-state index in [0.717, 1.165) is 34.2 Å². The molecule has 1 aromatic heterocycles. The number of aryl methyl sites for hydroxylation is 1. The first kappa shape index (κ1) is 11.5. The number of ether oxygens (including phenoxy) is 1. The number of hydrogen-bond acceptors (Lipinski definition) is 3. The first-order chi connectivity index (χ1) is 8.45. The van der Waals surface area contributed by atoms with E-state index in [1.807, 2.05) is 13.1 Å². The molecule has 2 heterocycles. The largest absolute Gasteiger partial charge is 0.486 e. The summed E-state index contributed by atoms with van der Waals surface area (Å²) in [6, 6.07) is 6.23. The fourth-order valence-electron chi connectivity index (χ4n) is 2.43. The Bertz CT molecular complexity index is 614. The van der Waals surface area contributed by atoms with E-state index in [0.29, 0.717) is 0 Å². The zero-order chi connectivity index (χ0) is 12.9. The predicted octanol–water partition coefficient (Wildman–Crippen LogP) is 2.62. The van der Waals surface area contributed by atoms with Gasteiger partial charge in [-0.1, -0.05) is 12.1 Å². The van der Waals surface area contributed by atoms with Crippen LogP contribution in [0.2, 0.25) is 0 Å². The Morgan fingerprint density at radius 1 is 1.39 bits per heavy atom. The number of hydrogen-bond donors (Lipinski definition) is 1. The van der Waals surface area contributed by atoms with Crippen LogP contribution < -0.4 is 4.74 Å². The molecule has 0 unspecified atom stereocenters. The maximum atomic E-state index is 10.1. The summed E-state index contributed by atoms with van der Waals surface area (Å²) in [7, 11) is 0. The van der Waals surface area contributed by atoms with Gasteiger partial charge >= 0.3 is 0 Å². The third kappa shape index (κ3) is 1.75. The van der Waals surface area contributed by atoms with Crippen molar-refractivity contribution in [2.24, 2.45) is 0 Å². The zero-order valence-corrected chi connectivity index (χ0v) is 10.9. The summed E-state index contributed by atoms with van der Waals surface area (Å²) in [6.45, 7) is 5.55. The molecule has 1 aromatic carbocycles. The number of aliphatic hydroxyl groups is 1. The minimum absolute atomic E-state index is 0.181. The summed E-state index contributed by atoms with van der Waals surface area (Å²) in [5.74, 6) is 0.882. The molecule has 3 nitrogen and oxygen atoms in total. The maximum Gasteiger partial charge on any atom is 0.132 e. The lowest BCUT2D eigenvalue weighted by Crippen LogP contribution is -2.39.